The van der Waals surface area contributed by atoms with Crippen molar-refractivity contribution in [1.29, 1.82) is 0 Å². The molecular weight excluding hydrogens is 377 g/mol. The van der Waals surface area contributed by atoms with Crippen LogP contribution in [-0.4, -0.2) is 49.4 Å². The number of hydrogen-bond donors (Lipinski definition) is 1. The van der Waals surface area contributed by atoms with E-state index in [1.807, 2.05) is 0 Å². The number of alkyl halides is 3. The third kappa shape index (κ3) is 6.61. The van der Waals surface area contributed by atoms with Crippen LogP contribution in [0.5, 0.6) is 5.75 Å². The van der Waals surface area contributed by atoms with Gasteiger partial charge < -0.3 is 19.7 Å². The molecule has 2 amide bonds. The summed E-state index contributed by atoms with van der Waals surface area (Å²) in [4.78, 5) is 25.8. The predicted octanol–water partition coefficient (Wildman–Crippen LogP) is 3.67. The van der Waals surface area contributed by atoms with Gasteiger partial charge in [0, 0.05) is 13.1 Å². The van der Waals surface area contributed by atoms with Crippen molar-refractivity contribution < 1.29 is 32.2 Å². The van der Waals surface area contributed by atoms with E-state index in [9.17, 15) is 22.8 Å². The molecular formula is C19H25F3N2O4. The molecule has 156 valence electrons. The molecule has 1 aliphatic rings. The van der Waals surface area contributed by atoms with E-state index < -0.39 is 12.8 Å². The molecule has 1 unspecified atom stereocenters. The third-order valence-corrected chi connectivity index (χ3v) is 4.52. The van der Waals surface area contributed by atoms with Crippen LogP contribution in [0.1, 0.15) is 38.3 Å². The lowest BCUT2D eigenvalue weighted by Gasteiger charge is -2.32. The first kappa shape index (κ1) is 21.8. The van der Waals surface area contributed by atoms with Crippen LogP contribution in [0.4, 0.5) is 18.0 Å². The largest absolute Gasteiger partial charge is 0.484 e. The topological polar surface area (TPSA) is 67.9 Å². The molecule has 0 aromatic heterocycles. The number of piperidine rings is 1. The van der Waals surface area contributed by atoms with Gasteiger partial charge in [0.05, 0.1) is 18.6 Å². The number of carbonyl (C=O) groups is 2. The molecule has 1 aliphatic heterocycles. The number of rotatable bonds is 6. The summed E-state index contributed by atoms with van der Waals surface area (Å²) in [6, 6.07) is 5.54. The average Bonchev–Trinajstić information content (AvgIpc) is 2.66. The van der Waals surface area contributed by atoms with Crippen molar-refractivity contribution in [2.24, 2.45) is 5.92 Å². The number of nitrogens with one attached hydrogen (secondary N) is 1. The smallest absolute Gasteiger partial charge is 0.422 e. The number of halogens is 3. The van der Waals surface area contributed by atoms with Crippen molar-refractivity contribution in [3.05, 3.63) is 29.8 Å². The number of carbonyl (C=O) groups excluding carboxylic acids is 2. The molecule has 6 nitrogen and oxygen atoms in total. The summed E-state index contributed by atoms with van der Waals surface area (Å²) in [5.41, 5.74) is 0.745. The molecule has 1 heterocycles. The summed E-state index contributed by atoms with van der Waals surface area (Å²) < 4.78 is 46.2. The maximum absolute atomic E-state index is 12.4. The van der Waals surface area contributed by atoms with Crippen LogP contribution in [0, 0.1) is 5.92 Å². The standard InChI is InChI=1S/C19H25F3N2O4/c1-3-27-17(25)15-8-10-24(11-9-15)18(26)23-13(2)14-4-6-16(7-5-14)28-12-19(20,21)22/h4-7,13,15H,3,8-12H2,1-2H3,(H,23,26). The molecule has 0 spiro atoms. The maximum atomic E-state index is 12.4. The summed E-state index contributed by atoms with van der Waals surface area (Å²) in [5, 5.41) is 2.86. The van der Waals surface area contributed by atoms with Crippen molar-refractivity contribution >= 4 is 12.0 Å². The Bertz CT molecular complexity index is 656. The minimum Gasteiger partial charge on any atom is -0.484 e. The van der Waals surface area contributed by atoms with Crippen LogP contribution in [0.3, 0.4) is 0 Å². The van der Waals surface area contributed by atoms with Crippen molar-refractivity contribution in [3.8, 4) is 5.75 Å². The average molecular weight is 402 g/mol. The van der Waals surface area contributed by atoms with Crippen molar-refractivity contribution in [2.75, 3.05) is 26.3 Å². The number of hydrogen-bond acceptors (Lipinski definition) is 4. The van der Waals surface area contributed by atoms with Gasteiger partial charge in [-0.25, -0.2) is 4.79 Å². The molecule has 2 rings (SSSR count). The Balaban J connectivity index is 1.81. The van der Waals surface area contributed by atoms with E-state index in [4.69, 9.17) is 4.74 Å². The number of esters is 1. The van der Waals surface area contributed by atoms with Gasteiger partial charge in [0.25, 0.3) is 0 Å². The maximum Gasteiger partial charge on any atom is 0.422 e. The Kier molecular flexibility index (Phi) is 7.53. The third-order valence-electron chi connectivity index (χ3n) is 4.52. The normalized spacial score (nSPS) is 16.4. The zero-order valence-corrected chi connectivity index (χ0v) is 15.9. The summed E-state index contributed by atoms with van der Waals surface area (Å²) in [6.45, 7) is 3.47. The number of amides is 2. The van der Waals surface area contributed by atoms with E-state index in [-0.39, 0.29) is 29.7 Å². The second kappa shape index (κ2) is 9.66. The van der Waals surface area contributed by atoms with Gasteiger partial charge in [0.2, 0.25) is 0 Å². The highest BCUT2D eigenvalue weighted by Gasteiger charge is 2.29. The van der Waals surface area contributed by atoms with Crippen LogP contribution in [0.25, 0.3) is 0 Å². The summed E-state index contributed by atoms with van der Waals surface area (Å²) in [5.74, 6) is -0.282. The fourth-order valence-electron chi connectivity index (χ4n) is 2.96. The lowest BCUT2D eigenvalue weighted by molar-refractivity contribution is -0.153. The molecule has 0 bridgehead atoms. The quantitative estimate of drug-likeness (QED) is 0.738. The van der Waals surface area contributed by atoms with Gasteiger partial charge >= 0.3 is 18.2 Å². The Morgan fingerprint density at radius 2 is 1.82 bits per heavy atom. The van der Waals surface area contributed by atoms with Gasteiger partial charge in [-0.05, 0) is 44.4 Å². The van der Waals surface area contributed by atoms with Gasteiger partial charge in [-0.2, -0.15) is 13.2 Å². The Hall–Kier alpha value is -2.45. The lowest BCUT2D eigenvalue weighted by atomic mass is 9.97. The number of nitrogens with zero attached hydrogens (tertiary/aromatic N) is 1. The lowest BCUT2D eigenvalue weighted by Crippen LogP contribution is -2.46. The monoisotopic (exact) mass is 402 g/mol. The fraction of sp³-hybridized carbons (Fsp3) is 0.579. The molecule has 1 fully saturated rings. The van der Waals surface area contributed by atoms with E-state index in [1.54, 1.807) is 30.9 Å². The molecule has 0 aliphatic carbocycles. The van der Waals surface area contributed by atoms with E-state index >= 15 is 0 Å². The predicted molar refractivity (Wildman–Crippen MR) is 95.9 cm³/mol. The van der Waals surface area contributed by atoms with E-state index in [2.05, 4.69) is 10.1 Å². The highest BCUT2D eigenvalue weighted by Crippen LogP contribution is 2.22. The number of urea groups is 1. The highest BCUT2D eigenvalue weighted by molar-refractivity contribution is 5.76. The molecule has 1 saturated heterocycles. The first-order chi connectivity index (χ1) is 13.2. The Labute approximate surface area is 162 Å². The highest BCUT2D eigenvalue weighted by atomic mass is 19.4. The number of likely N-dealkylation sites (tertiary alicyclic amines) is 1. The van der Waals surface area contributed by atoms with Gasteiger partial charge in [-0.1, -0.05) is 12.1 Å². The van der Waals surface area contributed by atoms with E-state index in [0.29, 0.717) is 32.5 Å². The molecule has 28 heavy (non-hydrogen) atoms. The second-order valence-electron chi connectivity index (χ2n) is 6.66. The second-order valence-corrected chi connectivity index (χ2v) is 6.66. The van der Waals surface area contributed by atoms with Crippen LogP contribution in [-0.2, 0) is 9.53 Å². The first-order valence-electron chi connectivity index (χ1n) is 9.21. The van der Waals surface area contributed by atoms with Gasteiger partial charge in [0.15, 0.2) is 6.61 Å². The molecule has 0 saturated carbocycles. The van der Waals surface area contributed by atoms with Gasteiger partial charge in [0.1, 0.15) is 5.75 Å². The minimum absolute atomic E-state index is 0.112. The Morgan fingerprint density at radius 1 is 1.21 bits per heavy atom. The van der Waals surface area contributed by atoms with Crippen LogP contribution < -0.4 is 10.1 Å². The summed E-state index contributed by atoms with van der Waals surface area (Å²) >= 11 is 0. The molecule has 1 N–H and O–H groups in total. The van der Waals surface area contributed by atoms with Crippen molar-refractivity contribution in [2.45, 2.75) is 38.9 Å². The number of ether oxygens (including phenoxy) is 2. The minimum atomic E-state index is -4.39. The Morgan fingerprint density at radius 3 is 2.36 bits per heavy atom. The van der Waals surface area contributed by atoms with Crippen LogP contribution in [0.2, 0.25) is 0 Å². The molecule has 1 atom stereocenters. The summed E-state index contributed by atoms with van der Waals surface area (Å²) in [6.07, 6.45) is -3.27. The molecule has 9 heteroatoms. The van der Waals surface area contributed by atoms with E-state index in [0.717, 1.165) is 5.56 Å². The van der Waals surface area contributed by atoms with Gasteiger partial charge in [-0.15, -0.1) is 0 Å². The summed E-state index contributed by atoms with van der Waals surface area (Å²) in [7, 11) is 0. The van der Waals surface area contributed by atoms with Crippen molar-refractivity contribution in [3.63, 3.8) is 0 Å². The SMILES string of the molecule is CCOC(=O)C1CCN(C(=O)NC(C)c2ccc(OCC(F)(F)F)cc2)CC1. The van der Waals surface area contributed by atoms with Gasteiger partial charge in [-0.3, -0.25) is 4.79 Å². The first-order valence-corrected chi connectivity index (χ1v) is 9.21. The van der Waals surface area contributed by atoms with Crippen molar-refractivity contribution in [1.82, 2.24) is 10.2 Å². The molecule has 1 aromatic rings. The molecule has 1 aromatic carbocycles. The van der Waals surface area contributed by atoms with E-state index in [1.165, 1.54) is 12.1 Å². The number of benzene rings is 1. The zero-order valence-electron chi connectivity index (χ0n) is 15.9. The molecule has 0 radical (unpaired) electrons. The fourth-order valence-corrected chi connectivity index (χ4v) is 2.96. The van der Waals surface area contributed by atoms with Crippen LogP contribution >= 0.6 is 0 Å². The zero-order chi connectivity index (χ0) is 20.7. The van der Waals surface area contributed by atoms with Crippen LogP contribution in [0.15, 0.2) is 24.3 Å².